The molecule has 21 heavy (non-hydrogen) atoms. The quantitative estimate of drug-likeness (QED) is 0.862. The summed E-state index contributed by atoms with van der Waals surface area (Å²) in [6.07, 6.45) is 2.62. The van der Waals surface area contributed by atoms with E-state index in [1.807, 2.05) is 0 Å². The van der Waals surface area contributed by atoms with Gasteiger partial charge in [0.05, 0.1) is 30.4 Å². The van der Waals surface area contributed by atoms with Crippen LogP contribution >= 0.6 is 15.9 Å². The lowest BCUT2D eigenvalue weighted by Gasteiger charge is -2.05. The first-order valence-electron chi connectivity index (χ1n) is 5.96. The summed E-state index contributed by atoms with van der Waals surface area (Å²) < 4.78 is 15.5. The summed E-state index contributed by atoms with van der Waals surface area (Å²) in [7, 11) is 0. The van der Waals surface area contributed by atoms with Crippen molar-refractivity contribution in [2.75, 3.05) is 5.32 Å². The highest BCUT2D eigenvalue weighted by molar-refractivity contribution is 9.10. The van der Waals surface area contributed by atoms with Crippen LogP contribution in [0.25, 0.3) is 0 Å². The summed E-state index contributed by atoms with van der Waals surface area (Å²) in [6.45, 7) is 0.162. The molecule has 2 N–H and O–H groups in total. The van der Waals surface area contributed by atoms with E-state index in [1.54, 1.807) is 6.07 Å². The van der Waals surface area contributed by atoms with Gasteiger partial charge in [-0.3, -0.25) is 14.3 Å². The summed E-state index contributed by atoms with van der Waals surface area (Å²) in [5, 5.41) is 14.9. The van der Waals surface area contributed by atoms with Gasteiger partial charge in [-0.15, -0.1) is 0 Å². The van der Waals surface area contributed by atoms with E-state index >= 15 is 0 Å². The van der Waals surface area contributed by atoms with E-state index in [0.717, 1.165) is 0 Å². The minimum Gasteiger partial charge on any atom is -0.481 e. The SMILES string of the molecule is O=C(O)CCn1cc(C(=O)Nc2ccc(Br)cc2F)cn1. The largest absolute Gasteiger partial charge is 0.481 e. The standard InChI is InChI=1S/C13H11BrFN3O3/c14-9-1-2-11(10(15)5-9)17-13(21)8-6-16-18(7-8)4-3-12(19)20/h1-2,5-7H,3-4H2,(H,17,21)(H,19,20). The summed E-state index contributed by atoms with van der Waals surface area (Å²) in [5.41, 5.74) is 0.282. The molecule has 2 aromatic rings. The Morgan fingerprint density at radius 2 is 2.19 bits per heavy atom. The van der Waals surface area contributed by atoms with E-state index in [-0.39, 0.29) is 24.2 Å². The topological polar surface area (TPSA) is 84.2 Å². The van der Waals surface area contributed by atoms with Crippen LogP contribution in [0.15, 0.2) is 35.1 Å². The van der Waals surface area contributed by atoms with Crippen molar-refractivity contribution < 1.29 is 19.1 Å². The third-order valence-corrected chi connectivity index (χ3v) is 3.12. The molecule has 0 spiro atoms. The molecule has 0 radical (unpaired) electrons. The summed E-state index contributed by atoms with van der Waals surface area (Å²) in [6, 6.07) is 4.28. The van der Waals surface area contributed by atoms with Gasteiger partial charge in [0.2, 0.25) is 0 Å². The van der Waals surface area contributed by atoms with Crippen LogP contribution < -0.4 is 5.32 Å². The molecule has 1 aromatic heterocycles. The number of aromatic nitrogens is 2. The molecule has 110 valence electrons. The zero-order valence-corrected chi connectivity index (χ0v) is 12.3. The first-order chi connectivity index (χ1) is 9.95. The number of carboxylic acids is 1. The number of hydrogen-bond acceptors (Lipinski definition) is 3. The number of rotatable bonds is 5. The Balaban J connectivity index is 2.05. The van der Waals surface area contributed by atoms with Crippen LogP contribution in [-0.2, 0) is 11.3 Å². The molecule has 0 aliphatic carbocycles. The number of halogens is 2. The maximum Gasteiger partial charge on any atom is 0.305 e. The highest BCUT2D eigenvalue weighted by Gasteiger charge is 2.12. The number of aryl methyl sites for hydroxylation is 1. The first-order valence-corrected chi connectivity index (χ1v) is 6.75. The molecular formula is C13H11BrFN3O3. The molecule has 2 rings (SSSR count). The second-order valence-electron chi connectivity index (χ2n) is 4.21. The average molecular weight is 356 g/mol. The highest BCUT2D eigenvalue weighted by Crippen LogP contribution is 2.19. The van der Waals surface area contributed by atoms with Crippen molar-refractivity contribution in [3.8, 4) is 0 Å². The van der Waals surface area contributed by atoms with Gasteiger partial charge in [0.25, 0.3) is 5.91 Å². The zero-order chi connectivity index (χ0) is 15.4. The van der Waals surface area contributed by atoms with Crippen molar-refractivity contribution in [3.63, 3.8) is 0 Å². The maximum absolute atomic E-state index is 13.6. The number of carbonyl (C=O) groups excluding carboxylic acids is 1. The van der Waals surface area contributed by atoms with E-state index in [0.29, 0.717) is 4.47 Å². The van der Waals surface area contributed by atoms with Crippen LogP contribution in [-0.4, -0.2) is 26.8 Å². The van der Waals surface area contributed by atoms with Crippen LogP contribution in [0.2, 0.25) is 0 Å². The lowest BCUT2D eigenvalue weighted by molar-refractivity contribution is -0.137. The van der Waals surface area contributed by atoms with Crippen LogP contribution in [0, 0.1) is 5.82 Å². The summed E-state index contributed by atoms with van der Waals surface area (Å²) in [5.74, 6) is -2.03. The first kappa shape index (κ1) is 15.2. The Bertz CT molecular complexity index is 687. The second-order valence-corrected chi connectivity index (χ2v) is 5.13. The lowest BCUT2D eigenvalue weighted by atomic mass is 10.2. The number of amides is 1. The number of carbonyl (C=O) groups is 2. The van der Waals surface area contributed by atoms with Gasteiger partial charge < -0.3 is 10.4 Å². The smallest absolute Gasteiger partial charge is 0.305 e. The molecule has 6 nitrogen and oxygen atoms in total. The van der Waals surface area contributed by atoms with Gasteiger partial charge in [-0.25, -0.2) is 4.39 Å². The molecule has 1 heterocycles. The van der Waals surface area contributed by atoms with Crippen molar-refractivity contribution >= 4 is 33.5 Å². The average Bonchev–Trinajstić information content (AvgIpc) is 2.88. The Hall–Kier alpha value is -2.22. The number of nitrogens with one attached hydrogen (secondary N) is 1. The molecule has 0 unspecified atom stereocenters. The zero-order valence-electron chi connectivity index (χ0n) is 10.7. The van der Waals surface area contributed by atoms with Crippen molar-refractivity contribution in [1.29, 1.82) is 0 Å². The van der Waals surface area contributed by atoms with Crippen LogP contribution in [0.1, 0.15) is 16.8 Å². The normalized spacial score (nSPS) is 10.4. The predicted octanol–water partition coefficient (Wildman–Crippen LogP) is 2.51. The fourth-order valence-electron chi connectivity index (χ4n) is 1.60. The van der Waals surface area contributed by atoms with Gasteiger partial charge in [-0.2, -0.15) is 5.10 Å². The minimum absolute atomic E-state index is 0.0569. The number of carboxylic acid groups (broad SMARTS) is 1. The Kier molecular flexibility index (Phi) is 4.69. The van der Waals surface area contributed by atoms with Crippen molar-refractivity contribution in [2.24, 2.45) is 0 Å². The number of hydrogen-bond donors (Lipinski definition) is 2. The van der Waals surface area contributed by atoms with Gasteiger partial charge in [0.15, 0.2) is 0 Å². The van der Waals surface area contributed by atoms with E-state index in [9.17, 15) is 14.0 Å². The van der Waals surface area contributed by atoms with E-state index in [2.05, 4.69) is 26.3 Å². The van der Waals surface area contributed by atoms with Gasteiger partial charge in [0.1, 0.15) is 5.82 Å². The van der Waals surface area contributed by atoms with E-state index < -0.39 is 17.7 Å². The molecule has 0 aliphatic heterocycles. The number of benzene rings is 1. The van der Waals surface area contributed by atoms with Crippen LogP contribution in [0.3, 0.4) is 0 Å². The van der Waals surface area contributed by atoms with Crippen LogP contribution in [0.5, 0.6) is 0 Å². The fourth-order valence-corrected chi connectivity index (χ4v) is 1.93. The number of nitrogens with zero attached hydrogens (tertiary/aromatic N) is 2. The third-order valence-electron chi connectivity index (χ3n) is 2.63. The fraction of sp³-hybridized carbons (Fsp3) is 0.154. The minimum atomic E-state index is -0.951. The van der Waals surface area contributed by atoms with Gasteiger partial charge in [-0.1, -0.05) is 15.9 Å². The molecule has 0 atom stereocenters. The molecule has 0 aliphatic rings. The Morgan fingerprint density at radius 1 is 1.43 bits per heavy atom. The van der Waals surface area contributed by atoms with E-state index in [4.69, 9.17) is 5.11 Å². The molecule has 0 saturated carbocycles. The molecule has 0 bridgehead atoms. The van der Waals surface area contributed by atoms with Crippen LogP contribution in [0.4, 0.5) is 10.1 Å². The van der Waals surface area contributed by atoms with Crippen molar-refractivity contribution in [3.05, 3.63) is 46.4 Å². The maximum atomic E-state index is 13.6. The monoisotopic (exact) mass is 355 g/mol. The number of anilines is 1. The molecular weight excluding hydrogens is 345 g/mol. The Morgan fingerprint density at radius 3 is 2.86 bits per heavy atom. The van der Waals surface area contributed by atoms with Crippen molar-refractivity contribution in [1.82, 2.24) is 9.78 Å². The van der Waals surface area contributed by atoms with Crippen molar-refractivity contribution in [2.45, 2.75) is 13.0 Å². The molecule has 8 heteroatoms. The number of aliphatic carboxylic acids is 1. The predicted molar refractivity (Wildman–Crippen MR) is 76.5 cm³/mol. The highest BCUT2D eigenvalue weighted by atomic mass is 79.9. The third kappa shape index (κ3) is 4.12. The second kappa shape index (κ2) is 6.49. The Labute approximate surface area is 127 Å². The van der Waals surface area contributed by atoms with Gasteiger partial charge >= 0.3 is 5.97 Å². The molecule has 0 saturated heterocycles. The molecule has 0 fully saturated rings. The summed E-state index contributed by atoms with van der Waals surface area (Å²) in [4.78, 5) is 22.4. The van der Waals surface area contributed by atoms with Gasteiger partial charge in [-0.05, 0) is 18.2 Å². The lowest BCUT2D eigenvalue weighted by Crippen LogP contribution is -2.12. The van der Waals surface area contributed by atoms with Gasteiger partial charge in [0, 0.05) is 10.7 Å². The van der Waals surface area contributed by atoms with E-state index in [1.165, 1.54) is 29.2 Å². The summed E-state index contributed by atoms with van der Waals surface area (Å²) >= 11 is 3.13. The molecule has 1 aromatic carbocycles. The molecule has 1 amide bonds.